The maximum atomic E-state index is 9.00. The number of halogens is 1. The van der Waals surface area contributed by atoms with E-state index in [1.807, 2.05) is 12.1 Å². The van der Waals surface area contributed by atoms with Gasteiger partial charge in [-0.2, -0.15) is 4.98 Å². The highest BCUT2D eigenvalue weighted by molar-refractivity contribution is 7.13. The molecule has 1 N–H and O–H groups in total. The zero-order valence-corrected chi connectivity index (χ0v) is 10.6. The van der Waals surface area contributed by atoms with Gasteiger partial charge >= 0.3 is 0 Å². The van der Waals surface area contributed by atoms with Crippen LogP contribution in [0.1, 0.15) is 4.88 Å². The minimum atomic E-state index is -0.147. The Labute approximate surface area is 107 Å². The van der Waals surface area contributed by atoms with Crippen molar-refractivity contribution in [2.24, 2.45) is 0 Å². The number of nitrogens with zero attached hydrogens (tertiary/aromatic N) is 1. The molecular weight excluding hydrogens is 262 g/mol. The molecule has 0 spiro atoms. The summed E-state index contributed by atoms with van der Waals surface area (Å²) in [6, 6.07) is 7.24. The Morgan fingerprint density at radius 3 is 2.65 bits per heavy atom. The van der Waals surface area contributed by atoms with E-state index in [1.54, 1.807) is 19.2 Å². The molecule has 0 amide bonds. The molecule has 1 aromatic carbocycles. The van der Waals surface area contributed by atoms with E-state index in [0.29, 0.717) is 21.6 Å². The summed E-state index contributed by atoms with van der Waals surface area (Å²) in [5.41, 5.74) is 0. The Balaban J connectivity index is 2.25. The second-order valence-corrected chi connectivity index (χ2v) is 4.51. The number of aliphatic hydroxyl groups is 1. The van der Waals surface area contributed by atoms with Gasteiger partial charge in [-0.15, -0.1) is 0 Å². The molecule has 0 aliphatic carbocycles. The molecule has 0 saturated heterocycles. The molecule has 90 valence electrons. The number of thiazole rings is 1. The molecule has 0 fully saturated rings. The number of aromatic nitrogens is 1. The smallest absolute Gasteiger partial charge is 0.280 e. The molecule has 0 radical (unpaired) electrons. The first-order valence-electron chi connectivity index (χ1n) is 4.81. The summed E-state index contributed by atoms with van der Waals surface area (Å²) in [6.07, 6.45) is 0. The van der Waals surface area contributed by atoms with Gasteiger partial charge in [-0.25, -0.2) is 0 Å². The number of methoxy groups -OCH3 is 1. The molecular formula is C11H10ClNO3S. The van der Waals surface area contributed by atoms with Crippen LogP contribution in [0.25, 0.3) is 0 Å². The first-order valence-corrected chi connectivity index (χ1v) is 6.01. The SMILES string of the molecule is COc1ccccc1Oc1nc(Cl)c(CO)s1. The normalized spacial score (nSPS) is 10.3. The number of benzene rings is 1. The fourth-order valence-corrected chi connectivity index (χ4v) is 2.23. The van der Waals surface area contributed by atoms with Crippen molar-refractivity contribution in [2.45, 2.75) is 6.61 Å². The Kier molecular flexibility index (Phi) is 3.83. The van der Waals surface area contributed by atoms with Crippen molar-refractivity contribution in [3.63, 3.8) is 0 Å². The van der Waals surface area contributed by atoms with E-state index in [9.17, 15) is 0 Å². The van der Waals surface area contributed by atoms with Crippen LogP contribution in [0.4, 0.5) is 0 Å². The zero-order chi connectivity index (χ0) is 12.3. The highest BCUT2D eigenvalue weighted by atomic mass is 35.5. The van der Waals surface area contributed by atoms with Gasteiger partial charge in [0, 0.05) is 0 Å². The summed E-state index contributed by atoms with van der Waals surface area (Å²) in [4.78, 5) is 4.58. The predicted molar refractivity (Wildman–Crippen MR) is 66.1 cm³/mol. The van der Waals surface area contributed by atoms with Crippen molar-refractivity contribution in [1.82, 2.24) is 4.98 Å². The van der Waals surface area contributed by atoms with Crippen molar-refractivity contribution in [3.05, 3.63) is 34.3 Å². The molecule has 2 aromatic rings. The topological polar surface area (TPSA) is 51.6 Å². The number of rotatable bonds is 4. The second kappa shape index (κ2) is 5.35. The van der Waals surface area contributed by atoms with Gasteiger partial charge in [0.25, 0.3) is 5.19 Å². The number of aliphatic hydroxyl groups excluding tert-OH is 1. The molecule has 0 unspecified atom stereocenters. The molecule has 0 aliphatic heterocycles. The van der Waals surface area contributed by atoms with Crippen LogP contribution in [0.15, 0.2) is 24.3 Å². The number of hydrogen-bond donors (Lipinski definition) is 1. The predicted octanol–water partition coefficient (Wildman–Crippen LogP) is 3.09. The average Bonchev–Trinajstić information content (AvgIpc) is 2.70. The van der Waals surface area contributed by atoms with Gasteiger partial charge < -0.3 is 14.6 Å². The fourth-order valence-electron chi connectivity index (χ4n) is 1.25. The van der Waals surface area contributed by atoms with Gasteiger partial charge in [0.2, 0.25) is 0 Å². The minimum absolute atomic E-state index is 0.147. The van der Waals surface area contributed by atoms with E-state index < -0.39 is 0 Å². The van der Waals surface area contributed by atoms with Crippen LogP contribution in [0.2, 0.25) is 5.15 Å². The summed E-state index contributed by atoms with van der Waals surface area (Å²) < 4.78 is 10.7. The molecule has 0 aliphatic rings. The van der Waals surface area contributed by atoms with E-state index in [1.165, 1.54) is 11.3 Å². The summed E-state index contributed by atoms with van der Waals surface area (Å²) in [6.45, 7) is -0.147. The lowest BCUT2D eigenvalue weighted by molar-refractivity contribution is 0.285. The summed E-state index contributed by atoms with van der Waals surface area (Å²) >= 11 is 7.02. The molecule has 4 nitrogen and oxygen atoms in total. The van der Waals surface area contributed by atoms with Gasteiger partial charge in [-0.1, -0.05) is 35.1 Å². The zero-order valence-electron chi connectivity index (χ0n) is 9.01. The van der Waals surface area contributed by atoms with Crippen LogP contribution >= 0.6 is 22.9 Å². The number of ether oxygens (including phenoxy) is 2. The molecule has 0 atom stereocenters. The molecule has 1 heterocycles. The summed E-state index contributed by atoms with van der Waals surface area (Å²) in [5, 5.41) is 9.65. The van der Waals surface area contributed by atoms with E-state index >= 15 is 0 Å². The van der Waals surface area contributed by atoms with Gasteiger partial charge in [-0.3, -0.25) is 0 Å². The van der Waals surface area contributed by atoms with Gasteiger partial charge in [0.05, 0.1) is 18.6 Å². The number of hydrogen-bond acceptors (Lipinski definition) is 5. The summed E-state index contributed by atoms with van der Waals surface area (Å²) in [7, 11) is 1.57. The molecule has 2 rings (SSSR count). The van der Waals surface area contributed by atoms with Crippen LogP contribution in [-0.2, 0) is 6.61 Å². The molecule has 0 saturated carbocycles. The monoisotopic (exact) mass is 271 g/mol. The molecule has 1 aromatic heterocycles. The van der Waals surface area contributed by atoms with Crippen molar-refractivity contribution in [1.29, 1.82) is 0 Å². The first-order chi connectivity index (χ1) is 8.24. The first kappa shape index (κ1) is 12.2. The van der Waals surface area contributed by atoms with Crippen LogP contribution < -0.4 is 9.47 Å². The van der Waals surface area contributed by atoms with Crippen LogP contribution in [0.5, 0.6) is 16.7 Å². The van der Waals surface area contributed by atoms with E-state index in [0.717, 1.165) is 0 Å². The largest absolute Gasteiger partial charge is 0.493 e. The van der Waals surface area contributed by atoms with E-state index in [2.05, 4.69) is 4.98 Å². The van der Waals surface area contributed by atoms with Crippen molar-refractivity contribution in [3.8, 4) is 16.7 Å². The highest BCUT2D eigenvalue weighted by Crippen LogP contribution is 2.35. The Morgan fingerprint density at radius 1 is 1.35 bits per heavy atom. The van der Waals surface area contributed by atoms with Gasteiger partial charge in [0.15, 0.2) is 11.5 Å². The van der Waals surface area contributed by atoms with Crippen molar-refractivity contribution < 1.29 is 14.6 Å². The Bertz CT molecular complexity index is 515. The van der Waals surface area contributed by atoms with Gasteiger partial charge in [-0.05, 0) is 12.1 Å². The summed E-state index contributed by atoms with van der Waals surface area (Å²) in [5.74, 6) is 1.18. The van der Waals surface area contributed by atoms with E-state index in [4.69, 9.17) is 26.2 Å². The number of para-hydroxylation sites is 2. The third-order valence-corrected chi connectivity index (χ3v) is 3.38. The van der Waals surface area contributed by atoms with Gasteiger partial charge in [0.1, 0.15) is 5.15 Å². The van der Waals surface area contributed by atoms with Crippen molar-refractivity contribution >= 4 is 22.9 Å². The average molecular weight is 272 g/mol. The lowest BCUT2D eigenvalue weighted by Gasteiger charge is -2.06. The standard InChI is InChI=1S/C11H10ClNO3S/c1-15-7-4-2-3-5-8(7)16-11-13-10(12)9(6-14)17-11/h2-5,14H,6H2,1H3. The van der Waals surface area contributed by atoms with Crippen LogP contribution in [0, 0.1) is 0 Å². The van der Waals surface area contributed by atoms with E-state index in [-0.39, 0.29) is 11.8 Å². The lowest BCUT2D eigenvalue weighted by atomic mass is 10.3. The molecule has 0 bridgehead atoms. The quantitative estimate of drug-likeness (QED) is 0.928. The maximum Gasteiger partial charge on any atom is 0.280 e. The van der Waals surface area contributed by atoms with Crippen molar-refractivity contribution in [2.75, 3.05) is 7.11 Å². The van der Waals surface area contributed by atoms with Crippen LogP contribution in [-0.4, -0.2) is 17.2 Å². The minimum Gasteiger partial charge on any atom is -0.493 e. The fraction of sp³-hybridized carbons (Fsp3) is 0.182. The third-order valence-electron chi connectivity index (χ3n) is 2.04. The molecule has 6 heteroatoms. The highest BCUT2D eigenvalue weighted by Gasteiger charge is 2.12. The maximum absolute atomic E-state index is 9.00. The Morgan fingerprint density at radius 2 is 2.06 bits per heavy atom. The van der Waals surface area contributed by atoms with Crippen LogP contribution in [0.3, 0.4) is 0 Å². The third kappa shape index (κ3) is 2.69. The Hall–Kier alpha value is -1.30. The molecule has 17 heavy (non-hydrogen) atoms. The lowest BCUT2D eigenvalue weighted by Crippen LogP contribution is -1.88. The second-order valence-electron chi connectivity index (χ2n) is 3.10.